The average molecular weight is 240 g/mol. The number of anilines is 3. The van der Waals surface area contributed by atoms with E-state index in [0.29, 0.717) is 0 Å². The zero-order valence-electron chi connectivity index (χ0n) is 11.3. The van der Waals surface area contributed by atoms with Gasteiger partial charge >= 0.3 is 0 Å². The topological polar surface area (TPSA) is 29.3 Å². The first kappa shape index (κ1) is 12.5. The van der Waals surface area contributed by atoms with Crippen LogP contribution in [0.25, 0.3) is 0 Å². The van der Waals surface area contributed by atoms with Crippen LogP contribution >= 0.6 is 0 Å². The lowest BCUT2D eigenvalue weighted by Gasteiger charge is -2.24. The van der Waals surface area contributed by atoms with Crippen molar-refractivity contribution in [2.75, 3.05) is 17.2 Å². The van der Waals surface area contributed by atoms with E-state index in [9.17, 15) is 0 Å². The summed E-state index contributed by atoms with van der Waals surface area (Å²) in [7, 11) is 0. The largest absolute Gasteiger partial charge is 0.398 e. The maximum absolute atomic E-state index is 5.99. The molecule has 2 rings (SSSR count). The number of nitrogens with two attached hydrogens (primary N) is 1. The Morgan fingerprint density at radius 2 is 1.56 bits per heavy atom. The molecule has 2 aromatic carbocycles. The molecule has 0 radical (unpaired) electrons. The van der Waals surface area contributed by atoms with E-state index in [1.807, 2.05) is 13.0 Å². The van der Waals surface area contributed by atoms with Crippen LogP contribution in [0.1, 0.15) is 18.1 Å². The molecule has 0 aromatic heterocycles. The quantitative estimate of drug-likeness (QED) is 0.820. The molecule has 0 bridgehead atoms. The van der Waals surface area contributed by atoms with Crippen molar-refractivity contribution in [3.8, 4) is 0 Å². The van der Waals surface area contributed by atoms with Gasteiger partial charge in [-0.05, 0) is 50.6 Å². The minimum absolute atomic E-state index is 0.845. The minimum Gasteiger partial charge on any atom is -0.398 e. The van der Waals surface area contributed by atoms with Crippen LogP contribution in [0.4, 0.5) is 17.1 Å². The lowest BCUT2D eigenvalue weighted by molar-refractivity contribution is 1.02. The van der Waals surface area contributed by atoms with Crippen LogP contribution in [0.5, 0.6) is 0 Å². The molecule has 2 heteroatoms. The lowest BCUT2D eigenvalue weighted by atomic mass is 10.1. The van der Waals surface area contributed by atoms with Crippen LogP contribution in [-0.4, -0.2) is 6.54 Å². The molecule has 0 aliphatic carbocycles. The summed E-state index contributed by atoms with van der Waals surface area (Å²) in [6.07, 6.45) is 0. The molecule has 0 atom stereocenters. The third-order valence-electron chi connectivity index (χ3n) is 3.24. The Bertz CT molecular complexity index is 529. The fraction of sp³-hybridized carbons (Fsp3) is 0.250. The molecule has 2 nitrogen and oxygen atoms in total. The van der Waals surface area contributed by atoms with Crippen LogP contribution in [0, 0.1) is 13.8 Å². The highest BCUT2D eigenvalue weighted by atomic mass is 15.1. The normalized spacial score (nSPS) is 10.4. The summed E-state index contributed by atoms with van der Waals surface area (Å²) in [5.74, 6) is 0. The highest BCUT2D eigenvalue weighted by Gasteiger charge is 2.07. The Hall–Kier alpha value is -1.96. The van der Waals surface area contributed by atoms with E-state index in [2.05, 4.69) is 55.1 Å². The van der Waals surface area contributed by atoms with Gasteiger partial charge in [0.2, 0.25) is 0 Å². The SMILES string of the molecule is CCN(c1ccc(C)cc1)c1ccc(C)c(N)c1. The van der Waals surface area contributed by atoms with E-state index in [1.165, 1.54) is 11.3 Å². The molecule has 2 aromatic rings. The Kier molecular flexibility index (Phi) is 3.56. The van der Waals surface area contributed by atoms with Gasteiger partial charge in [0, 0.05) is 23.6 Å². The van der Waals surface area contributed by atoms with E-state index in [-0.39, 0.29) is 0 Å². The van der Waals surface area contributed by atoms with E-state index in [1.54, 1.807) is 0 Å². The first-order chi connectivity index (χ1) is 8.61. The lowest BCUT2D eigenvalue weighted by Crippen LogP contribution is -2.16. The van der Waals surface area contributed by atoms with E-state index in [4.69, 9.17) is 5.73 Å². The van der Waals surface area contributed by atoms with Crippen molar-refractivity contribution in [1.29, 1.82) is 0 Å². The maximum atomic E-state index is 5.99. The molecule has 2 N–H and O–H groups in total. The van der Waals surface area contributed by atoms with Gasteiger partial charge in [0.1, 0.15) is 0 Å². The van der Waals surface area contributed by atoms with Crippen LogP contribution in [0.3, 0.4) is 0 Å². The van der Waals surface area contributed by atoms with Gasteiger partial charge in [-0.3, -0.25) is 0 Å². The highest BCUT2D eigenvalue weighted by Crippen LogP contribution is 2.28. The van der Waals surface area contributed by atoms with E-state index < -0.39 is 0 Å². The van der Waals surface area contributed by atoms with Gasteiger partial charge in [-0.1, -0.05) is 23.8 Å². The molecule has 0 fully saturated rings. The molecule has 0 amide bonds. The summed E-state index contributed by atoms with van der Waals surface area (Å²) in [6.45, 7) is 7.20. The maximum Gasteiger partial charge on any atom is 0.0431 e. The third-order valence-corrected chi connectivity index (χ3v) is 3.24. The van der Waals surface area contributed by atoms with Gasteiger partial charge in [0.25, 0.3) is 0 Å². The van der Waals surface area contributed by atoms with Gasteiger partial charge in [-0.15, -0.1) is 0 Å². The summed E-state index contributed by atoms with van der Waals surface area (Å²) in [5.41, 5.74) is 11.6. The molecule has 18 heavy (non-hydrogen) atoms. The van der Waals surface area contributed by atoms with Gasteiger partial charge in [-0.2, -0.15) is 0 Å². The second-order valence-corrected chi connectivity index (χ2v) is 4.62. The molecular weight excluding hydrogens is 220 g/mol. The van der Waals surface area contributed by atoms with E-state index >= 15 is 0 Å². The van der Waals surface area contributed by atoms with Crippen molar-refractivity contribution < 1.29 is 0 Å². The number of rotatable bonds is 3. The zero-order valence-corrected chi connectivity index (χ0v) is 11.3. The summed E-state index contributed by atoms with van der Waals surface area (Å²) >= 11 is 0. The summed E-state index contributed by atoms with van der Waals surface area (Å²) in [4.78, 5) is 2.26. The van der Waals surface area contributed by atoms with Crippen LogP contribution in [0.15, 0.2) is 42.5 Å². The summed E-state index contributed by atoms with van der Waals surface area (Å²) in [5, 5.41) is 0. The number of hydrogen-bond donors (Lipinski definition) is 1. The standard InChI is InChI=1S/C16H20N2/c1-4-18(14-8-5-12(2)6-9-14)15-10-7-13(3)16(17)11-15/h5-11H,4,17H2,1-3H3. The van der Waals surface area contributed by atoms with Gasteiger partial charge in [-0.25, -0.2) is 0 Å². The van der Waals surface area contributed by atoms with Crippen molar-refractivity contribution >= 4 is 17.1 Å². The first-order valence-corrected chi connectivity index (χ1v) is 6.32. The van der Waals surface area contributed by atoms with Gasteiger partial charge in [0.15, 0.2) is 0 Å². The summed E-state index contributed by atoms with van der Waals surface area (Å²) < 4.78 is 0. The van der Waals surface area contributed by atoms with Crippen molar-refractivity contribution in [3.63, 3.8) is 0 Å². The Labute approximate surface area is 109 Å². The molecule has 0 heterocycles. The number of nitrogens with zero attached hydrogens (tertiary/aromatic N) is 1. The molecule has 0 aliphatic heterocycles. The monoisotopic (exact) mass is 240 g/mol. The van der Waals surface area contributed by atoms with Crippen LogP contribution in [0.2, 0.25) is 0 Å². The van der Waals surface area contributed by atoms with Crippen LogP contribution in [-0.2, 0) is 0 Å². The molecule has 0 saturated carbocycles. The van der Waals surface area contributed by atoms with Crippen molar-refractivity contribution in [2.24, 2.45) is 0 Å². The second-order valence-electron chi connectivity index (χ2n) is 4.62. The number of aryl methyl sites for hydroxylation is 2. The zero-order chi connectivity index (χ0) is 13.1. The average Bonchev–Trinajstić information content (AvgIpc) is 2.37. The molecule has 0 spiro atoms. The second kappa shape index (κ2) is 5.13. The number of nitrogen functional groups attached to an aromatic ring is 1. The predicted molar refractivity (Wildman–Crippen MR) is 79.5 cm³/mol. The highest BCUT2D eigenvalue weighted by molar-refractivity contribution is 5.68. The van der Waals surface area contributed by atoms with Crippen molar-refractivity contribution in [2.45, 2.75) is 20.8 Å². The van der Waals surface area contributed by atoms with Gasteiger partial charge < -0.3 is 10.6 Å². The smallest absolute Gasteiger partial charge is 0.0431 e. The fourth-order valence-electron chi connectivity index (χ4n) is 2.03. The number of hydrogen-bond acceptors (Lipinski definition) is 2. The number of benzene rings is 2. The van der Waals surface area contributed by atoms with Crippen molar-refractivity contribution in [1.82, 2.24) is 0 Å². The van der Waals surface area contributed by atoms with Gasteiger partial charge in [0.05, 0.1) is 0 Å². The summed E-state index contributed by atoms with van der Waals surface area (Å²) in [6, 6.07) is 14.8. The van der Waals surface area contributed by atoms with Crippen LogP contribution < -0.4 is 10.6 Å². The first-order valence-electron chi connectivity index (χ1n) is 6.32. The predicted octanol–water partition coefficient (Wildman–Crippen LogP) is 4.04. The third kappa shape index (κ3) is 2.48. The Morgan fingerprint density at radius 1 is 0.944 bits per heavy atom. The molecular formula is C16H20N2. The Morgan fingerprint density at radius 3 is 2.11 bits per heavy atom. The fourth-order valence-corrected chi connectivity index (χ4v) is 2.03. The van der Waals surface area contributed by atoms with Crippen molar-refractivity contribution in [3.05, 3.63) is 53.6 Å². The molecule has 0 unspecified atom stereocenters. The minimum atomic E-state index is 0.845. The van der Waals surface area contributed by atoms with E-state index in [0.717, 1.165) is 23.5 Å². The molecule has 0 aliphatic rings. The Balaban J connectivity index is 2.38. The molecule has 0 saturated heterocycles. The molecule has 94 valence electrons.